The number of pyridine rings is 1. The molecule has 0 saturated carbocycles. The van der Waals surface area contributed by atoms with Crippen molar-refractivity contribution in [3.05, 3.63) is 63.1 Å². The highest BCUT2D eigenvalue weighted by molar-refractivity contribution is 8.13. The number of hydrogen-bond donors (Lipinski definition) is 2. The summed E-state index contributed by atoms with van der Waals surface area (Å²) < 4.78 is 0. The first kappa shape index (κ1) is 14.4. The van der Waals surface area contributed by atoms with E-state index in [-0.39, 0.29) is 16.6 Å². The molecule has 1 aromatic carbocycles. The van der Waals surface area contributed by atoms with Gasteiger partial charge in [0.2, 0.25) is 10.5 Å². The average molecular weight is 289 g/mol. The van der Waals surface area contributed by atoms with Crippen LogP contribution < -0.4 is 5.43 Å². The first-order chi connectivity index (χ1) is 9.50. The van der Waals surface area contributed by atoms with Crippen LogP contribution in [0.5, 0.6) is 5.75 Å². The van der Waals surface area contributed by atoms with Crippen molar-refractivity contribution >= 4 is 16.9 Å². The number of aromatic nitrogens is 1. The molecule has 4 nitrogen and oxygen atoms in total. The topological polar surface area (TPSA) is 70.2 Å². The number of carbonyl (C=O) groups excluding carboxylic acids is 1. The molecule has 0 bridgehead atoms. The third-order valence-corrected chi connectivity index (χ3v) is 3.96. The van der Waals surface area contributed by atoms with E-state index in [1.54, 1.807) is 38.1 Å². The predicted molar refractivity (Wildman–Crippen MR) is 80.3 cm³/mol. The van der Waals surface area contributed by atoms with Crippen LogP contribution in [-0.4, -0.2) is 15.2 Å². The molecule has 2 N–H and O–H groups in total. The fraction of sp³-hybridized carbons (Fsp3) is 0.200. The molecule has 5 heteroatoms. The van der Waals surface area contributed by atoms with E-state index in [4.69, 9.17) is 0 Å². The van der Waals surface area contributed by atoms with Crippen molar-refractivity contribution in [2.45, 2.75) is 19.6 Å². The van der Waals surface area contributed by atoms with Gasteiger partial charge in [0, 0.05) is 22.6 Å². The second-order valence-electron chi connectivity index (χ2n) is 4.47. The van der Waals surface area contributed by atoms with Gasteiger partial charge in [0.05, 0.1) is 5.69 Å². The summed E-state index contributed by atoms with van der Waals surface area (Å²) in [5, 5.41) is 9.56. The van der Waals surface area contributed by atoms with E-state index in [2.05, 4.69) is 4.98 Å². The molecule has 2 rings (SSSR count). The number of hydrogen-bond acceptors (Lipinski definition) is 4. The van der Waals surface area contributed by atoms with Gasteiger partial charge in [-0.3, -0.25) is 9.59 Å². The zero-order valence-corrected chi connectivity index (χ0v) is 12.1. The van der Waals surface area contributed by atoms with E-state index in [1.807, 2.05) is 6.07 Å². The lowest BCUT2D eigenvalue weighted by molar-refractivity contribution is 0.108. The molecule has 0 unspecified atom stereocenters. The van der Waals surface area contributed by atoms with Crippen LogP contribution in [0.2, 0.25) is 0 Å². The van der Waals surface area contributed by atoms with Crippen LogP contribution in [0, 0.1) is 13.8 Å². The molecule has 1 heterocycles. The molecule has 2 aromatic rings. The van der Waals surface area contributed by atoms with E-state index in [0.717, 1.165) is 11.8 Å². The molecule has 0 atom stereocenters. The SMILES string of the molecule is Cc1[nH]c(C)c(CSC(=O)c2ccccc2)c(=O)c1O. The molecule has 0 aliphatic rings. The van der Waals surface area contributed by atoms with Gasteiger partial charge in [-0.1, -0.05) is 42.1 Å². The fourth-order valence-electron chi connectivity index (χ4n) is 1.87. The molecule has 0 aliphatic heterocycles. The molecule has 0 aliphatic carbocycles. The van der Waals surface area contributed by atoms with Crippen molar-refractivity contribution in [2.24, 2.45) is 0 Å². The fourth-order valence-corrected chi connectivity index (χ4v) is 2.79. The van der Waals surface area contributed by atoms with Crippen LogP contribution in [-0.2, 0) is 5.75 Å². The largest absolute Gasteiger partial charge is 0.503 e. The van der Waals surface area contributed by atoms with Crippen LogP contribution in [0.3, 0.4) is 0 Å². The second-order valence-corrected chi connectivity index (χ2v) is 5.42. The maximum Gasteiger partial charge on any atom is 0.227 e. The zero-order chi connectivity index (χ0) is 14.7. The lowest BCUT2D eigenvalue weighted by Gasteiger charge is -2.07. The Bertz CT molecular complexity index is 692. The first-order valence-corrected chi connectivity index (χ1v) is 7.12. The number of thioether (sulfide) groups is 1. The lowest BCUT2D eigenvalue weighted by Crippen LogP contribution is -2.13. The number of aromatic hydroxyl groups is 1. The van der Waals surface area contributed by atoms with Crippen LogP contribution in [0.15, 0.2) is 35.1 Å². The van der Waals surface area contributed by atoms with Gasteiger partial charge in [0.15, 0.2) is 5.75 Å². The number of rotatable bonds is 3. The zero-order valence-electron chi connectivity index (χ0n) is 11.3. The number of aryl methyl sites for hydroxylation is 2. The van der Waals surface area contributed by atoms with Gasteiger partial charge < -0.3 is 10.1 Å². The summed E-state index contributed by atoms with van der Waals surface area (Å²) in [6.45, 7) is 3.40. The van der Waals surface area contributed by atoms with Gasteiger partial charge in [-0.15, -0.1) is 0 Å². The van der Waals surface area contributed by atoms with E-state index in [0.29, 0.717) is 22.5 Å². The standard InChI is InChI=1S/C15H15NO3S/c1-9-12(14(18)13(17)10(2)16-9)8-20-15(19)11-6-4-3-5-7-11/h3-7,17H,8H2,1-2H3,(H,16,18). The highest BCUT2D eigenvalue weighted by Gasteiger charge is 2.14. The highest BCUT2D eigenvalue weighted by Crippen LogP contribution is 2.20. The Morgan fingerprint density at radius 2 is 1.85 bits per heavy atom. The minimum absolute atomic E-state index is 0.0931. The van der Waals surface area contributed by atoms with Crippen molar-refractivity contribution in [2.75, 3.05) is 0 Å². The van der Waals surface area contributed by atoms with Crippen molar-refractivity contribution in [3.63, 3.8) is 0 Å². The van der Waals surface area contributed by atoms with Crippen molar-refractivity contribution in [1.82, 2.24) is 4.98 Å². The quantitative estimate of drug-likeness (QED) is 0.911. The van der Waals surface area contributed by atoms with Crippen molar-refractivity contribution < 1.29 is 9.90 Å². The number of nitrogens with one attached hydrogen (secondary N) is 1. The summed E-state index contributed by atoms with van der Waals surface area (Å²) in [7, 11) is 0. The monoisotopic (exact) mass is 289 g/mol. The third-order valence-electron chi connectivity index (χ3n) is 3.03. The first-order valence-electron chi connectivity index (χ1n) is 6.14. The van der Waals surface area contributed by atoms with Crippen molar-refractivity contribution in [1.29, 1.82) is 0 Å². The average Bonchev–Trinajstić information content (AvgIpc) is 2.45. The Morgan fingerprint density at radius 3 is 2.50 bits per heavy atom. The number of benzene rings is 1. The Morgan fingerprint density at radius 1 is 1.20 bits per heavy atom. The van der Waals surface area contributed by atoms with Crippen LogP contribution in [0.25, 0.3) is 0 Å². The minimum atomic E-state index is -0.410. The molecule has 0 radical (unpaired) electrons. The molecule has 1 aromatic heterocycles. The third kappa shape index (κ3) is 2.93. The molecule has 20 heavy (non-hydrogen) atoms. The summed E-state index contributed by atoms with van der Waals surface area (Å²) in [5.41, 5.74) is 1.74. The van der Waals surface area contributed by atoms with Crippen molar-refractivity contribution in [3.8, 4) is 5.75 Å². The van der Waals surface area contributed by atoms with Gasteiger partial charge in [-0.25, -0.2) is 0 Å². The van der Waals surface area contributed by atoms with Crippen LogP contribution >= 0.6 is 11.8 Å². The summed E-state index contributed by atoms with van der Waals surface area (Å²) in [4.78, 5) is 26.9. The normalized spacial score (nSPS) is 10.5. The Kier molecular flexibility index (Phi) is 4.29. The lowest BCUT2D eigenvalue weighted by atomic mass is 10.2. The van der Waals surface area contributed by atoms with Gasteiger partial charge in [-0.2, -0.15) is 0 Å². The molecular weight excluding hydrogens is 274 g/mol. The molecule has 0 saturated heterocycles. The highest BCUT2D eigenvalue weighted by atomic mass is 32.2. The van der Waals surface area contributed by atoms with Crippen LogP contribution in [0.1, 0.15) is 27.3 Å². The summed E-state index contributed by atoms with van der Waals surface area (Å²) >= 11 is 1.06. The summed E-state index contributed by atoms with van der Waals surface area (Å²) in [5.74, 6) is -0.0405. The molecule has 0 spiro atoms. The number of carbonyl (C=O) groups is 1. The van der Waals surface area contributed by atoms with Gasteiger partial charge in [0.1, 0.15) is 0 Å². The Labute approximate surface area is 120 Å². The van der Waals surface area contributed by atoms with Crippen LogP contribution in [0.4, 0.5) is 0 Å². The van der Waals surface area contributed by atoms with Gasteiger partial charge in [-0.05, 0) is 13.8 Å². The van der Waals surface area contributed by atoms with E-state index in [1.165, 1.54) is 0 Å². The van der Waals surface area contributed by atoms with E-state index >= 15 is 0 Å². The van der Waals surface area contributed by atoms with E-state index < -0.39 is 5.43 Å². The second kappa shape index (κ2) is 5.96. The number of aromatic amines is 1. The van der Waals surface area contributed by atoms with E-state index in [9.17, 15) is 14.7 Å². The molecular formula is C15H15NO3S. The summed E-state index contributed by atoms with van der Waals surface area (Å²) in [6, 6.07) is 8.90. The predicted octanol–water partition coefficient (Wildman–Crippen LogP) is 2.77. The maximum absolute atomic E-state index is 12.0. The van der Waals surface area contributed by atoms with Gasteiger partial charge >= 0.3 is 0 Å². The molecule has 104 valence electrons. The smallest absolute Gasteiger partial charge is 0.227 e. The maximum atomic E-state index is 12.0. The molecule has 0 fully saturated rings. The Hall–Kier alpha value is -2.01. The van der Waals surface area contributed by atoms with Gasteiger partial charge in [0.25, 0.3) is 0 Å². The minimum Gasteiger partial charge on any atom is -0.503 e. The number of H-pyrrole nitrogens is 1. The molecule has 0 amide bonds. The Balaban J connectivity index is 2.18. The summed E-state index contributed by atoms with van der Waals surface area (Å²) in [6.07, 6.45) is 0.